The molecule has 0 radical (unpaired) electrons. The Bertz CT molecular complexity index is 763. The number of carbonyl (C=O) groups is 1. The first kappa shape index (κ1) is 21.2. The molecule has 0 aliphatic heterocycles. The summed E-state index contributed by atoms with van der Waals surface area (Å²) in [4.78, 5) is 12.2. The van der Waals surface area contributed by atoms with E-state index >= 15 is 0 Å². The largest absolute Gasteiger partial charge is 0.434 e. The zero-order chi connectivity index (χ0) is 19.9. The Morgan fingerprint density at radius 2 is 2.04 bits per heavy atom. The maximum Gasteiger partial charge on any atom is 0.434 e. The Balaban J connectivity index is 2.09. The number of hydrogen-bond acceptors (Lipinski definition) is 3. The van der Waals surface area contributed by atoms with Gasteiger partial charge in [-0.15, -0.1) is 0 Å². The van der Waals surface area contributed by atoms with E-state index in [1.807, 2.05) is 6.92 Å². The fraction of sp³-hybridized carbons (Fsp3) is 0.444. The van der Waals surface area contributed by atoms with Crippen molar-refractivity contribution in [3.05, 3.63) is 46.7 Å². The van der Waals surface area contributed by atoms with Crippen LogP contribution in [0.3, 0.4) is 0 Å². The highest BCUT2D eigenvalue weighted by atomic mass is 35.5. The van der Waals surface area contributed by atoms with Gasteiger partial charge < -0.3 is 10.1 Å². The highest BCUT2D eigenvalue weighted by Crippen LogP contribution is 2.34. The summed E-state index contributed by atoms with van der Waals surface area (Å²) in [7, 11) is 0. The van der Waals surface area contributed by atoms with Crippen molar-refractivity contribution >= 4 is 17.5 Å². The fourth-order valence-corrected chi connectivity index (χ4v) is 2.60. The highest BCUT2D eigenvalue weighted by molar-refractivity contribution is 6.30. The van der Waals surface area contributed by atoms with E-state index in [-0.39, 0.29) is 17.3 Å². The van der Waals surface area contributed by atoms with E-state index in [2.05, 4.69) is 10.4 Å². The SMILES string of the molecule is CCCCOCCCNC(=O)c1cnn(-c2cccc(Cl)c2)c1C(F)(F)F. The van der Waals surface area contributed by atoms with Crippen molar-refractivity contribution in [2.75, 3.05) is 19.8 Å². The minimum Gasteiger partial charge on any atom is -0.381 e. The summed E-state index contributed by atoms with van der Waals surface area (Å²) in [5.41, 5.74) is -1.55. The van der Waals surface area contributed by atoms with E-state index in [1.165, 1.54) is 24.3 Å². The first-order valence-electron chi connectivity index (χ1n) is 8.61. The van der Waals surface area contributed by atoms with Crippen LogP contribution in [0.25, 0.3) is 5.69 Å². The van der Waals surface area contributed by atoms with Crippen LogP contribution in [0.5, 0.6) is 0 Å². The standard InChI is InChI=1S/C18H21ClF3N3O2/c1-2-3-9-27-10-5-8-23-17(26)15-12-24-25(16(15)18(20,21)22)14-7-4-6-13(19)11-14/h4,6-7,11-12H,2-3,5,8-10H2,1H3,(H,23,26). The number of alkyl halides is 3. The summed E-state index contributed by atoms with van der Waals surface area (Å²) < 4.78 is 46.7. The van der Waals surface area contributed by atoms with Gasteiger partial charge in [-0.3, -0.25) is 4.79 Å². The molecule has 27 heavy (non-hydrogen) atoms. The molecule has 5 nitrogen and oxygen atoms in total. The van der Waals surface area contributed by atoms with Crippen LogP contribution in [-0.4, -0.2) is 35.4 Å². The summed E-state index contributed by atoms with van der Waals surface area (Å²) in [5.74, 6) is -0.829. The van der Waals surface area contributed by atoms with Crippen LogP contribution in [0.4, 0.5) is 13.2 Å². The first-order chi connectivity index (χ1) is 12.8. The molecule has 9 heteroatoms. The van der Waals surface area contributed by atoms with Crippen LogP contribution in [0.1, 0.15) is 42.2 Å². The van der Waals surface area contributed by atoms with Gasteiger partial charge in [-0.05, 0) is 31.0 Å². The second-order valence-corrected chi connectivity index (χ2v) is 6.31. The molecule has 0 unspecified atom stereocenters. The van der Waals surface area contributed by atoms with Gasteiger partial charge in [0.05, 0.1) is 17.4 Å². The molecule has 1 aromatic heterocycles. The van der Waals surface area contributed by atoms with Crippen molar-refractivity contribution in [2.24, 2.45) is 0 Å². The van der Waals surface area contributed by atoms with Gasteiger partial charge >= 0.3 is 6.18 Å². The third-order valence-electron chi connectivity index (χ3n) is 3.73. The average Bonchev–Trinajstić information content (AvgIpc) is 3.06. The fourth-order valence-electron chi connectivity index (χ4n) is 2.41. The molecule has 148 valence electrons. The van der Waals surface area contributed by atoms with Crippen LogP contribution < -0.4 is 5.32 Å². The molecule has 0 fully saturated rings. The van der Waals surface area contributed by atoms with Crippen LogP contribution >= 0.6 is 11.6 Å². The van der Waals surface area contributed by atoms with Crippen molar-refractivity contribution in [3.63, 3.8) is 0 Å². The van der Waals surface area contributed by atoms with Gasteiger partial charge in [0, 0.05) is 24.8 Å². The van der Waals surface area contributed by atoms with E-state index in [9.17, 15) is 18.0 Å². The molecule has 0 saturated heterocycles. The average molecular weight is 404 g/mol. The predicted octanol–water partition coefficient (Wildman–Crippen LogP) is 4.48. The number of carbonyl (C=O) groups excluding carboxylic acids is 1. The topological polar surface area (TPSA) is 56.1 Å². The van der Waals surface area contributed by atoms with E-state index in [1.54, 1.807) is 0 Å². The second-order valence-electron chi connectivity index (χ2n) is 5.87. The lowest BCUT2D eigenvalue weighted by Gasteiger charge is -2.13. The molecule has 2 aromatic rings. The lowest BCUT2D eigenvalue weighted by atomic mass is 10.2. The molecular formula is C18H21ClF3N3O2. The molecule has 0 aliphatic rings. The number of benzene rings is 1. The van der Waals surface area contributed by atoms with Crippen LogP contribution in [0.15, 0.2) is 30.5 Å². The Morgan fingerprint density at radius 1 is 1.30 bits per heavy atom. The number of halogens is 4. The monoisotopic (exact) mass is 403 g/mol. The quantitative estimate of drug-likeness (QED) is 0.628. The third-order valence-corrected chi connectivity index (χ3v) is 3.96. The number of aromatic nitrogens is 2. The van der Waals surface area contributed by atoms with Crippen LogP contribution in [0, 0.1) is 0 Å². The number of ether oxygens (including phenoxy) is 1. The normalized spacial score (nSPS) is 11.6. The van der Waals surface area contributed by atoms with E-state index in [0.29, 0.717) is 24.3 Å². The number of unbranched alkanes of at least 4 members (excludes halogenated alkanes) is 1. The second kappa shape index (κ2) is 9.75. The number of nitrogens with one attached hydrogen (secondary N) is 1. The molecule has 0 bridgehead atoms. The zero-order valence-corrected chi connectivity index (χ0v) is 15.6. The first-order valence-corrected chi connectivity index (χ1v) is 8.99. The maximum atomic E-state index is 13.6. The summed E-state index contributed by atoms with van der Waals surface area (Å²) in [5, 5.41) is 6.49. The van der Waals surface area contributed by atoms with Gasteiger partial charge in [0.25, 0.3) is 5.91 Å². The van der Waals surface area contributed by atoms with E-state index < -0.39 is 23.3 Å². The minimum absolute atomic E-state index is 0.123. The Kier molecular flexibility index (Phi) is 7.67. The van der Waals surface area contributed by atoms with Crippen molar-refractivity contribution < 1.29 is 22.7 Å². The molecule has 1 heterocycles. The lowest BCUT2D eigenvalue weighted by molar-refractivity contribution is -0.143. The molecule has 0 saturated carbocycles. The number of nitrogens with zero attached hydrogens (tertiary/aromatic N) is 2. The maximum absolute atomic E-state index is 13.6. The van der Waals surface area contributed by atoms with Gasteiger partial charge in [0.15, 0.2) is 5.69 Å². The minimum atomic E-state index is -4.76. The Morgan fingerprint density at radius 3 is 2.70 bits per heavy atom. The van der Waals surface area contributed by atoms with Crippen LogP contribution in [-0.2, 0) is 10.9 Å². The Labute approximate surface area is 160 Å². The molecule has 1 N–H and O–H groups in total. The molecular weight excluding hydrogens is 383 g/mol. The summed E-state index contributed by atoms with van der Waals surface area (Å²) in [6.07, 6.45) is -1.36. The van der Waals surface area contributed by atoms with Gasteiger partial charge in [0.2, 0.25) is 0 Å². The number of amides is 1. The van der Waals surface area contributed by atoms with Crippen molar-refractivity contribution in [1.82, 2.24) is 15.1 Å². The number of rotatable bonds is 9. The Hall–Kier alpha value is -2.06. The highest BCUT2D eigenvalue weighted by Gasteiger charge is 2.40. The van der Waals surface area contributed by atoms with E-state index in [0.717, 1.165) is 19.0 Å². The number of hydrogen-bond donors (Lipinski definition) is 1. The van der Waals surface area contributed by atoms with E-state index in [4.69, 9.17) is 16.3 Å². The summed E-state index contributed by atoms with van der Waals surface area (Å²) >= 11 is 5.85. The predicted molar refractivity (Wildman–Crippen MR) is 96.3 cm³/mol. The molecule has 1 aromatic carbocycles. The van der Waals surface area contributed by atoms with Gasteiger partial charge in [0.1, 0.15) is 0 Å². The molecule has 1 amide bonds. The smallest absolute Gasteiger partial charge is 0.381 e. The summed E-state index contributed by atoms with van der Waals surface area (Å²) in [6, 6.07) is 5.83. The molecule has 0 atom stereocenters. The van der Waals surface area contributed by atoms with Crippen LogP contribution in [0.2, 0.25) is 5.02 Å². The summed E-state index contributed by atoms with van der Waals surface area (Å²) in [6.45, 7) is 3.33. The zero-order valence-electron chi connectivity index (χ0n) is 14.9. The van der Waals surface area contributed by atoms with Gasteiger partial charge in [-0.2, -0.15) is 18.3 Å². The molecule has 2 rings (SSSR count). The molecule has 0 aliphatic carbocycles. The third kappa shape index (κ3) is 5.97. The lowest BCUT2D eigenvalue weighted by Crippen LogP contribution is -2.28. The van der Waals surface area contributed by atoms with Gasteiger partial charge in [-0.25, -0.2) is 4.68 Å². The van der Waals surface area contributed by atoms with Crippen molar-refractivity contribution in [2.45, 2.75) is 32.4 Å². The molecule has 0 spiro atoms. The van der Waals surface area contributed by atoms with Gasteiger partial charge in [-0.1, -0.05) is 31.0 Å². The van der Waals surface area contributed by atoms with Crippen molar-refractivity contribution in [3.8, 4) is 5.69 Å². The van der Waals surface area contributed by atoms with Crippen molar-refractivity contribution in [1.29, 1.82) is 0 Å².